The summed E-state index contributed by atoms with van der Waals surface area (Å²) in [5, 5.41) is 7.89. The van der Waals surface area contributed by atoms with Crippen LogP contribution in [-0.2, 0) is 13.1 Å². The monoisotopic (exact) mass is 221 g/mol. The molecule has 1 fully saturated rings. The van der Waals surface area contributed by atoms with E-state index in [1.807, 2.05) is 10.9 Å². The van der Waals surface area contributed by atoms with Crippen molar-refractivity contribution in [2.75, 3.05) is 6.54 Å². The molecule has 1 aromatic heterocycles. The molecule has 16 heavy (non-hydrogen) atoms. The van der Waals surface area contributed by atoms with E-state index in [2.05, 4.69) is 30.5 Å². The van der Waals surface area contributed by atoms with Crippen LogP contribution in [0, 0.1) is 5.41 Å². The van der Waals surface area contributed by atoms with Crippen molar-refractivity contribution in [1.82, 2.24) is 15.1 Å². The van der Waals surface area contributed by atoms with Crippen LogP contribution in [0.5, 0.6) is 0 Å². The van der Waals surface area contributed by atoms with Gasteiger partial charge in [0.05, 0.1) is 6.20 Å². The number of nitrogens with one attached hydrogen (secondary N) is 1. The lowest BCUT2D eigenvalue weighted by Gasteiger charge is -2.12. The van der Waals surface area contributed by atoms with Gasteiger partial charge in [0.2, 0.25) is 0 Å². The van der Waals surface area contributed by atoms with Gasteiger partial charge in [0.25, 0.3) is 0 Å². The van der Waals surface area contributed by atoms with Crippen molar-refractivity contribution in [2.45, 2.75) is 52.6 Å². The van der Waals surface area contributed by atoms with Gasteiger partial charge in [-0.05, 0) is 31.1 Å². The van der Waals surface area contributed by atoms with Crippen LogP contribution in [0.3, 0.4) is 0 Å². The predicted octanol–water partition coefficient (Wildman–Crippen LogP) is 2.57. The zero-order valence-corrected chi connectivity index (χ0v) is 10.5. The topological polar surface area (TPSA) is 29.9 Å². The van der Waals surface area contributed by atoms with Gasteiger partial charge < -0.3 is 5.32 Å². The first kappa shape index (κ1) is 11.6. The Bertz CT molecular complexity index is 326. The molecule has 1 N–H and O–H groups in total. The van der Waals surface area contributed by atoms with Crippen LogP contribution in [0.25, 0.3) is 0 Å². The van der Waals surface area contributed by atoms with Crippen molar-refractivity contribution in [1.29, 1.82) is 0 Å². The Morgan fingerprint density at radius 1 is 1.44 bits per heavy atom. The molecule has 2 rings (SSSR count). The van der Waals surface area contributed by atoms with Gasteiger partial charge in [0.1, 0.15) is 0 Å². The normalized spacial score (nSPS) is 17.6. The van der Waals surface area contributed by atoms with Gasteiger partial charge in [-0.2, -0.15) is 5.10 Å². The molecule has 0 saturated heterocycles. The summed E-state index contributed by atoms with van der Waals surface area (Å²) in [6, 6.07) is 0. The summed E-state index contributed by atoms with van der Waals surface area (Å²) >= 11 is 0. The largest absolute Gasteiger partial charge is 0.312 e. The van der Waals surface area contributed by atoms with Gasteiger partial charge in [0, 0.05) is 31.4 Å². The van der Waals surface area contributed by atoms with Crippen LogP contribution in [0.2, 0.25) is 0 Å². The molecule has 0 unspecified atom stereocenters. The van der Waals surface area contributed by atoms with E-state index < -0.39 is 0 Å². The summed E-state index contributed by atoms with van der Waals surface area (Å²) in [7, 11) is 0. The first-order chi connectivity index (χ1) is 7.78. The summed E-state index contributed by atoms with van der Waals surface area (Å²) in [5.41, 5.74) is 1.94. The Morgan fingerprint density at radius 3 is 2.88 bits per heavy atom. The highest BCUT2D eigenvalue weighted by atomic mass is 15.3. The molecular weight excluding hydrogens is 198 g/mol. The van der Waals surface area contributed by atoms with E-state index in [-0.39, 0.29) is 0 Å². The van der Waals surface area contributed by atoms with E-state index in [0.717, 1.165) is 19.5 Å². The lowest BCUT2D eigenvalue weighted by atomic mass is 10.0. The van der Waals surface area contributed by atoms with Crippen molar-refractivity contribution in [3.8, 4) is 0 Å². The molecule has 0 bridgehead atoms. The second-order valence-corrected chi connectivity index (χ2v) is 5.07. The summed E-state index contributed by atoms with van der Waals surface area (Å²) in [6.07, 6.45) is 9.41. The summed E-state index contributed by atoms with van der Waals surface area (Å²) in [6.45, 7) is 7.64. The highest BCUT2D eigenvalue weighted by molar-refractivity contribution is 5.04. The molecule has 0 radical (unpaired) electrons. The molecule has 1 saturated carbocycles. The summed E-state index contributed by atoms with van der Waals surface area (Å²) < 4.78 is 2.03. The zero-order valence-electron chi connectivity index (χ0n) is 10.5. The van der Waals surface area contributed by atoms with Gasteiger partial charge >= 0.3 is 0 Å². The van der Waals surface area contributed by atoms with Crippen molar-refractivity contribution < 1.29 is 0 Å². The van der Waals surface area contributed by atoms with Crippen LogP contribution < -0.4 is 5.32 Å². The lowest BCUT2D eigenvalue weighted by molar-refractivity contribution is 0.443. The third-order valence-corrected chi connectivity index (χ3v) is 3.68. The summed E-state index contributed by atoms with van der Waals surface area (Å²) in [4.78, 5) is 0. The van der Waals surface area contributed by atoms with Crippen LogP contribution >= 0.6 is 0 Å². The summed E-state index contributed by atoms with van der Waals surface area (Å²) in [5.74, 6) is 0. The second-order valence-electron chi connectivity index (χ2n) is 5.07. The van der Waals surface area contributed by atoms with Gasteiger partial charge in [-0.1, -0.05) is 13.8 Å². The van der Waals surface area contributed by atoms with Crippen molar-refractivity contribution in [2.24, 2.45) is 5.41 Å². The molecule has 1 aliphatic carbocycles. The van der Waals surface area contributed by atoms with Crippen molar-refractivity contribution >= 4 is 0 Å². The Morgan fingerprint density at radius 2 is 2.25 bits per heavy atom. The Kier molecular flexibility index (Phi) is 3.64. The fraction of sp³-hybridized carbons (Fsp3) is 0.769. The third-order valence-electron chi connectivity index (χ3n) is 3.68. The van der Waals surface area contributed by atoms with Crippen LogP contribution in [0.15, 0.2) is 12.4 Å². The molecule has 0 atom stereocenters. The fourth-order valence-electron chi connectivity index (χ4n) is 2.15. The van der Waals surface area contributed by atoms with Crippen molar-refractivity contribution in [3.05, 3.63) is 18.0 Å². The van der Waals surface area contributed by atoms with E-state index in [0.29, 0.717) is 5.41 Å². The quantitative estimate of drug-likeness (QED) is 0.767. The Balaban J connectivity index is 1.72. The Hall–Kier alpha value is -0.830. The fourth-order valence-corrected chi connectivity index (χ4v) is 2.15. The van der Waals surface area contributed by atoms with Crippen molar-refractivity contribution in [3.63, 3.8) is 0 Å². The molecule has 0 spiro atoms. The van der Waals surface area contributed by atoms with E-state index in [9.17, 15) is 0 Å². The van der Waals surface area contributed by atoms with Gasteiger partial charge in [-0.15, -0.1) is 0 Å². The minimum absolute atomic E-state index is 0.638. The number of aryl methyl sites for hydroxylation is 1. The molecule has 3 heteroatoms. The third kappa shape index (κ3) is 2.85. The Labute approximate surface area is 98.2 Å². The highest BCUT2D eigenvalue weighted by Crippen LogP contribution is 2.47. The number of aromatic nitrogens is 2. The maximum Gasteiger partial charge on any atom is 0.0534 e. The van der Waals surface area contributed by atoms with E-state index in [1.165, 1.54) is 31.4 Å². The molecule has 1 aromatic rings. The smallest absolute Gasteiger partial charge is 0.0534 e. The minimum atomic E-state index is 0.638. The number of rotatable bonds is 7. The predicted molar refractivity (Wildman–Crippen MR) is 66.2 cm³/mol. The molecular formula is C13H23N3. The average Bonchev–Trinajstić information content (AvgIpc) is 2.94. The lowest BCUT2D eigenvalue weighted by Crippen LogP contribution is -2.22. The zero-order chi connectivity index (χ0) is 11.4. The molecule has 0 amide bonds. The maximum atomic E-state index is 4.33. The minimum Gasteiger partial charge on any atom is -0.312 e. The number of hydrogen-bond acceptors (Lipinski definition) is 2. The SMILES string of the molecule is CCCn1cc(CNCC2(CC)CC2)cn1. The average molecular weight is 221 g/mol. The molecule has 1 heterocycles. The molecule has 0 aliphatic heterocycles. The second kappa shape index (κ2) is 5.00. The standard InChI is InChI=1S/C13H23N3/c1-3-7-16-10-12(9-15-16)8-14-11-13(4-2)5-6-13/h9-10,14H,3-8,11H2,1-2H3. The molecule has 0 aromatic carbocycles. The van der Waals surface area contributed by atoms with Crippen LogP contribution in [0.1, 0.15) is 45.1 Å². The number of hydrogen-bond donors (Lipinski definition) is 1. The number of nitrogens with zero attached hydrogens (tertiary/aromatic N) is 2. The molecule has 90 valence electrons. The van der Waals surface area contributed by atoms with E-state index in [1.54, 1.807) is 0 Å². The molecule has 1 aliphatic rings. The first-order valence-corrected chi connectivity index (χ1v) is 6.50. The maximum absolute atomic E-state index is 4.33. The van der Waals surface area contributed by atoms with Gasteiger partial charge in [0.15, 0.2) is 0 Å². The first-order valence-electron chi connectivity index (χ1n) is 6.50. The molecule has 3 nitrogen and oxygen atoms in total. The van der Waals surface area contributed by atoms with E-state index >= 15 is 0 Å². The van der Waals surface area contributed by atoms with E-state index in [4.69, 9.17) is 0 Å². The van der Waals surface area contributed by atoms with Crippen LogP contribution in [-0.4, -0.2) is 16.3 Å². The van der Waals surface area contributed by atoms with Gasteiger partial charge in [-0.25, -0.2) is 0 Å². The van der Waals surface area contributed by atoms with Gasteiger partial charge in [-0.3, -0.25) is 4.68 Å². The van der Waals surface area contributed by atoms with Crippen LogP contribution in [0.4, 0.5) is 0 Å². The highest BCUT2D eigenvalue weighted by Gasteiger charge is 2.39.